The molecule has 3 fully saturated rings. The van der Waals surface area contributed by atoms with Gasteiger partial charge in [-0.05, 0) is 58.0 Å². The monoisotopic (exact) mass is 377 g/mol. The molecular weight excluding hydrogens is 338 g/mol. The molecular formula is C21H39N5O. The first-order valence-corrected chi connectivity index (χ1v) is 11.3. The van der Waals surface area contributed by atoms with Crippen molar-refractivity contribution in [3.8, 4) is 0 Å². The minimum atomic E-state index is 0.291. The summed E-state index contributed by atoms with van der Waals surface area (Å²) in [6.07, 6.45) is 8.15. The van der Waals surface area contributed by atoms with Gasteiger partial charge in [-0.2, -0.15) is 0 Å². The fourth-order valence-corrected chi connectivity index (χ4v) is 4.82. The largest absolute Gasteiger partial charge is 0.357 e. The van der Waals surface area contributed by atoms with Crippen LogP contribution in [0.15, 0.2) is 4.99 Å². The number of aliphatic imine (C=N–C) groups is 1. The maximum absolute atomic E-state index is 12.6. The molecule has 2 unspecified atom stereocenters. The molecule has 0 radical (unpaired) electrons. The van der Waals surface area contributed by atoms with Crippen LogP contribution in [0.25, 0.3) is 0 Å². The van der Waals surface area contributed by atoms with Crippen LogP contribution in [0, 0.1) is 11.8 Å². The van der Waals surface area contributed by atoms with Crippen molar-refractivity contribution < 1.29 is 4.79 Å². The van der Waals surface area contributed by atoms with Crippen molar-refractivity contribution in [2.45, 2.75) is 64.8 Å². The van der Waals surface area contributed by atoms with Gasteiger partial charge in [-0.3, -0.25) is 9.79 Å². The van der Waals surface area contributed by atoms with E-state index in [1.807, 2.05) is 0 Å². The third-order valence-electron chi connectivity index (χ3n) is 6.31. The van der Waals surface area contributed by atoms with Gasteiger partial charge in [0, 0.05) is 44.7 Å². The van der Waals surface area contributed by atoms with E-state index in [9.17, 15) is 4.79 Å². The van der Waals surface area contributed by atoms with E-state index in [1.165, 1.54) is 45.3 Å². The molecule has 1 aliphatic carbocycles. The third-order valence-corrected chi connectivity index (χ3v) is 6.31. The Labute approximate surface area is 165 Å². The standard InChI is InChI=1S/C21H39N5O/c1-3-11-25-12-9-17(15-25)14-23-21(22-4-2)24-19-10-13-26(16-19)20(27)18-7-5-6-8-18/h17-19H,3-16H2,1-2H3,(H2,22,23,24). The highest BCUT2D eigenvalue weighted by atomic mass is 16.2. The Hall–Kier alpha value is -1.30. The Morgan fingerprint density at radius 2 is 1.89 bits per heavy atom. The van der Waals surface area contributed by atoms with Gasteiger partial charge in [-0.1, -0.05) is 19.8 Å². The number of hydrogen-bond acceptors (Lipinski definition) is 3. The van der Waals surface area contributed by atoms with E-state index < -0.39 is 0 Å². The minimum absolute atomic E-state index is 0.291. The first kappa shape index (κ1) is 20.4. The van der Waals surface area contributed by atoms with Crippen LogP contribution in [0.2, 0.25) is 0 Å². The van der Waals surface area contributed by atoms with Crippen LogP contribution in [0.4, 0.5) is 0 Å². The average molecular weight is 378 g/mol. The summed E-state index contributed by atoms with van der Waals surface area (Å²) in [5, 5.41) is 6.97. The van der Waals surface area contributed by atoms with Crippen LogP contribution in [0.5, 0.6) is 0 Å². The first-order chi connectivity index (χ1) is 13.2. The molecule has 2 atom stereocenters. The fourth-order valence-electron chi connectivity index (χ4n) is 4.82. The van der Waals surface area contributed by atoms with Crippen LogP contribution < -0.4 is 10.6 Å². The number of carbonyl (C=O) groups excluding carboxylic acids is 1. The number of nitrogens with one attached hydrogen (secondary N) is 2. The molecule has 6 nitrogen and oxygen atoms in total. The number of nitrogens with zero attached hydrogens (tertiary/aromatic N) is 3. The highest BCUT2D eigenvalue weighted by molar-refractivity contribution is 5.81. The van der Waals surface area contributed by atoms with E-state index in [1.54, 1.807) is 0 Å². The summed E-state index contributed by atoms with van der Waals surface area (Å²) in [6, 6.07) is 0.327. The Kier molecular flexibility index (Phi) is 7.80. The predicted molar refractivity (Wildman–Crippen MR) is 111 cm³/mol. The van der Waals surface area contributed by atoms with E-state index in [0.717, 1.165) is 51.4 Å². The van der Waals surface area contributed by atoms with E-state index in [0.29, 0.717) is 23.8 Å². The number of rotatable bonds is 7. The highest BCUT2D eigenvalue weighted by Gasteiger charge is 2.32. The molecule has 2 N–H and O–H groups in total. The quantitative estimate of drug-likeness (QED) is 0.527. The normalized spacial score (nSPS) is 27.5. The van der Waals surface area contributed by atoms with E-state index in [-0.39, 0.29) is 0 Å². The SMILES string of the molecule is CCCN1CCC(CN=C(NCC)NC2CCN(C(=O)C3CCCC3)C2)C1. The van der Waals surface area contributed by atoms with E-state index in [4.69, 9.17) is 4.99 Å². The summed E-state index contributed by atoms with van der Waals surface area (Å²) >= 11 is 0. The lowest BCUT2D eigenvalue weighted by Crippen LogP contribution is -2.45. The van der Waals surface area contributed by atoms with Crippen molar-refractivity contribution in [3.63, 3.8) is 0 Å². The zero-order chi connectivity index (χ0) is 19.1. The first-order valence-electron chi connectivity index (χ1n) is 11.3. The summed E-state index contributed by atoms with van der Waals surface area (Å²) in [4.78, 5) is 22.1. The second kappa shape index (κ2) is 10.3. The molecule has 0 aromatic rings. The smallest absolute Gasteiger partial charge is 0.225 e. The zero-order valence-corrected chi connectivity index (χ0v) is 17.4. The lowest BCUT2D eigenvalue weighted by Gasteiger charge is -2.21. The number of hydrogen-bond donors (Lipinski definition) is 2. The number of carbonyl (C=O) groups is 1. The molecule has 3 aliphatic rings. The summed E-state index contributed by atoms with van der Waals surface area (Å²) in [5.41, 5.74) is 0. The molecule has 2 saturated heterocycles. The van der Waals surface area contributed by atoms with Gasteiger partial charge >= 0.3 is 0 Å². The van der Waals surface area contributed by atoms with Gasteiger partial charge in [-0.25, -0.2) is 0 Å². The Bertz CT molecular complexity index is 503. The van der Waals surface area contributed by atoms with Crippen molar-refractivity contribution in [2.75, 3.05) is 45.8 Å². The van der Waals surface area contributed by atoms with Gasteiger partial charge in [0.1, 0.15) is 0 Å². The van der Waals surface area contributed by atoms with E-state index >= 15 is 0 Å². The second-order valence-corrected chi connectivity index (χ2v) is 8.57. The van der Waals surface area contributed by atoms with Crippen LogP contribution >= 0.6 is 0 Å². The summed E-state index contributed by atoms with van der Waals surface area (Å²) in [7, 11) is 0. The van der Waals surface area contributed by atoms with Crippen LogP contribution in [-0.4, -0.2) is 73.5 Å². The van der Waals surface area contributed by atoms with Gasteiger partial charge in [-0.15, -0.1) is 0 Å². The molecule has 6 heteroatoms. The average Bonchev–Trinajstić information content (AvgIpc) is 3.41. The zero-order valence-electron chi connectivity index (χ0n) is 17.4. The second-order valence-electron chi connectivity index (χ2n) is 8.57. The molecule has 0 aromatic heterocycles. The van der Waals surface area contributed by atoms with Gasteiger partial charge < -0.3 is 20.4 Å². The highest BCUT2D eigenvalue weighted by Crippen LogP contribution is 2.27. The number of guanidine groups is 1. The maximum atomic E-state index is 12.6. The lowest BCUT2D eigenvalue weighted by atomic mass is 10.1. The van der Waals surface area contributed by atoms with Crippen molar-refractivity contribution in [2.24, 2.45) is 16.8 Å². The molecule has 154 valence electrons. The van der Waals surface area contributed by atoms with Crippen molar-refractivity contribution >= 4 is 11.9 Å². The molecule has 3 rings (SSSR count). The Morgan fingerprint density at radius 1 is 1.07 bits per heavy atom. The van der Waals surface area contributed by atoms with E-state index in [2.05, 4.69) is 34.3 Å². The summed E-state index contributed by atoms with van der Waals surface area (Å²) in [5.74, 6) is 2.28. The molecule has 0 aromatic carbocycles. The Morgan fingerprint density at radius 3 is 2.63 bits per heavy atom. The van der Waals surface area contributed by atoms with Crippen molar-refractivity contribution in [1.29, 1.82) is 0 Å². The van der Waals surface area contributed by atoms with Gasteiger partial charge in [0.25, 0.3) is 0 Å². The van der Waals surface area contributed by atoms with Crippen molar-refractivity contribution in [1.82, 2.24) is 20.4 Å². The molecule has 2 heterocycles. The lowest BCUT2D eigenvalue weighted by molar-refractivity contribution is -0.134. The summed E-state index contributed by atoms with van der Waals surface area (Å²) < 4.78 is 0. The van der Waals surface area contributed by atoms with Gasteiger partial charge in [0.15, 0.2) is 5.96 Å². The third kappa shape index (κ3) is 5.84. The number of likely N-dealkylation sites (tertiary alicyclic amines) is 2. The Balaban J connectivity index is 1.45. The van der Waals surface area contributed by atoms with Gasteiger partial charge in [0.2, 0.25) is 5.91 Å². The molecule has 2 aliphatic heterocycles. The van der Waals surface area contributed by atoms with Crippen molar-refractivity contribution in [3.05, 3.63) is 0 Å². The fraction of sp³-hybridized carbons (Fsp3) is 0.905. The predicted octanol–water partition coefficient (Wildman–Crippen LogP) is 2.06. The van der Waals surface area contributed by atoms with Crippen LogP contribution in [-0.2, 0) is 4.79 Å². The van der Waals surface area contributed by atoms with Crippen LogP contribution in [0.1, 0.15) is 58.8 Å². The minimum Gasteiger partial charge on any atom is -0.357 e. The topological polar surface area (TPSA) is 60.0 Å². The molecule has 0 bridgehead atoms. The van der Waals surface area contributed by atoms with Gasteiger partial charge in [0.05, 0.1) is 0 Å². The maximum Gasteiger partial charge on any atom is 0.225 e. The molecule has 1 amide bonds. The summed E-state index contributed by atoms with van der Waals surface area (Å²) in [6.45, 7) is 11.5. The molecule has 27 heavy (non-hydrogen) atoms. The van der Waals surface area contributed by atoms with Crippen LogP contribution in [0.3, 0.4) is 0 Å². The number of amides is 1. The molecule has 0 spiro atoms. The molecule has 1 saturated carbocycles.